The number of ether oxygens (including phenoxy) is 3. The Hall–Kier alpha value is -1.13. The van der Waals surface area contributed by atoms with Gasteiger partial charge in [0, 0.05) is 11.1 Å². The molecule has 0 amide bonds. The predicted molar refractivity (Wildman–Crippen MR) is 80.1 cm³/mol. The van der Waals surface area contributed by atoms with Gasteiger partial charge in [-0.05, 0) is 18.9 Å². The van der Waals surface area contributed by atoms with E-state index in [4.69, 9.17) is 31.5 Å². The lowest BCUT2D eigenvalue weighted by molar-refractivity contribution is 0.284. The van der Waals surface area contributed by atoms with Gasteiger partial charge in [-0.15, -0.1) is 0 Å². The summed E-state index contributed by atoms with van der Waals surface area (Å²) in [5, 5.41) is 0.416. The second-order valence-electron chi connectivity index (χ2n) is 5.22. The van der Waals surface area contributed by atoms with Gasteiger partial charge >= 0.3 is 0 Å². The van der Waals surface area contributed by atoms with Crippen LogP contribution in [0.15, 0.2) is 6.07 Å². The Kier molecular flexibility index (Phi) is 4.66. The molecule has 0 aliphatic heterocycles. The normalized spacial score (nSPS) is 17.6. The molecule has 1 aliphatic carbocycles. The molecule has 0 spiro atoms. The summed E-state index contributed by atoms with van der Waals surface area (Å²) in [5.74, 6) is 1.66. The summed E-state index contributed by atoms with van der Waals surface area (Å²) in [6.07, 6.45) is 5.31. The molecular formula is C15H22ClNO3. The van der Waals surface area contributed by atoms with Crippen LogP contribution in [-0.4, -0.2) is 21.3 Å². The Morgan fingerprint density at radius 3 is 2.10 bits per heavy atom. The molecule has 0 bridgehead atoms. The van der Waals surface area contributed by atoms with Crippen molar-refractivity contribution in [2.45, 2.75) is 37.6 Å². The highest BCUT2D eigenvalue weighted by atomic mass is 35.5. The first-order valence-corrected chi connectivity index (χ1v) is 7.23. The van der Waals surface area contributed by atoms with Crippen molar-refractivity contribution in [1.82, 2.24) is 0 Å². The van der Waals surface area contributed by atoms with Crippen molar-refractivity contribution in [3.8, 4) is 17.2 Å². The SMILES string of the molecule is COc1cc(C2(N)CCCCC2)c(OC)c(Cl)c1OC. The van der Waals surface area contributed by atoms with E-state index in [1.165, 1.54) is 6.42 Å². The molecule has 0 saturated heterocycles. The van der Waals surface area contributed by atoms with Gasteiger partial charge in [0.15, 0.2) is 11.5 Å². The minimum atomic E-state index is -0.410. The fraction of sp³-hybridized carbons (Fsp3) is 0.600. The molecule has 1 aliphatic rings. The smallest absolute Gasteiger partial charge is 0.183 e. The summed E-state index contributed by atoms with van der Waals surface area (Å²) in [6.45, 7) is 0. The third-order valence-corrected chi connectivity index (χ3v) is 4.40. The largest absolute Gasteiger partial charge is 0.495 e. The summed E-state index contributed by atoms with van der Waals surface area (Å²) < 4.78 is 16.2. The average molecular weight is 300 g/mol. The van der Waals surface area contributed by atoms with Crippen molar-refractivity contribution < 1.29 is 14.2 Å². The number of methoxy groups -OCH3 is 3. The number of hydrogen-bond donors (Lipinski definition) is 1. The van der Waals surface area contributed by atoms with Crippen LogP contribution in [-0.2, 0) is 5.54 Å². The standard InChI is InChI=1S/C15H22ClNO3/c1-18-11-9-10(15(17)7-5-4-6-8-15)13(19-2)12(16)14(11)20-3/h9H,4-8,17H2,1-3H3. The zero-order valence-corrected chi connectivity index (χ0v) is 13.0. The molecule has 20 heavy (non-hydrogen) atoms. The number of hydrogen-bond acceptors (Lipinski definition) is 4. The maximum Gasteiger partial charge on any atom is 0.183 e. The lowest BCUT2D eigenvalue weighted by atomic mass is 9.77. The molecule has 4 nitrogen and oxygen atoms in total. The van der Waals surface area contributed by atoms with Crippen LogP contribution in [0.2, 0.25) is 5.02 Å². The molecular weight excluding hydrogens is 278 g/mol. The number of benzene rings is 1. The van der Waals surface area contributed by atoms with Crippen molar-refractivity contribution in [3.05, 3.63) is 16.7 Å². The lowest BCUT2D eigenvalue weighted by Gasteiger charge is -2.35. The monoisotopic (exact) mass is 299 g/mol. The summed E-state index contributed by atoms with van der Waals surface area (Å²) >= 11 is 6.39. The van der Waals surface area contributed by atoms with E-state index in [0.717, 1.165) is 31.2 Å². The highest BCUT2D eigenvalue weighted by Gasteiger charge is 2.35. The molecule has 2 N–H and O–H groups in total. The topological polar surface area (TPSA) is 53.7 Å². The first-order chi connectivity index (χ1) is 9.57. The van der Waals surface area contributed by atoms with Crippen LogP contribution in [0, 0.1) is 0 Å². The fourth-order valence-corrected chi connectivity index (χ4v) is 3.30. The predicted octanol–water partition coefficient (Wildman–Crippen LogP) is 3.48. The Labute approximate surface area is 125 Å². The van der Waals surface area contributed by atoms with Crippen molar-refractivity contribution in [2.75, 3.05) is 21.3 Å². The van der Waals surface area contributed by atoms with Gasteiger partial charge in [0.25, 0.3) is 0 Å². The molecule has 1 aromatic rings. The van der Waals surface area contributed by atoms with Crippen molar-refractivity contribution in [1.29, 1.82) is 0 Å². The van der Waals surface area contributed by atoms with Crippen molar-refractivity contribution in [3.63, 3.8) is 0 Å². The highest BCUT2D eigenvalue weighted by molar-refractivity contribution is 6.34. The van der Waals surface area contributed by atoms with E-state index in [1.54, 1.807) is 21.3 Å². The first-order valence-electron chi connectivity index (χ1n) is 6.85. The Bertz CT molecular complexity index is 484. The van der Waals surface area contributed by atoms with Gasteiger partial charge in [-0.3, -0.25) is 0 Å². The second-order valence-corrected chi connectivity index (χ2v) is 5.60. The molecule has 0 radical (unpaired) electrons. The minimum absolute atomic E-state index is 0.410. The van der Waals surface area contributed by atoms with E-state index in [0.29, 0.717) is 22.3 Å². The maximum atomic E-state index is 6.61. The van der Waals surface area contributed by atoms with Gasteiger partial charge in [0.05, 0.1) is 21.3 Å². The van der Waals surface area contributed by atoms with Crippen LogP contribution >= 0.6 is 11.6 Å². The zero-order valence-electron chi connectivity index (χ0n) is 12.3. The Morgan fingerprint density at radius 2 is 1.60 bits per heavy atom. The van der Waals surface area contributed by atoms with E-state index in [2.05, 4.69) is 0 Å². The number of rotatable bonds is 4. The van der Waals surface area contributed by atoms with Gasteiger partial charge in [0.2, 0.25) is 0 Å². The van der Waals surface area contributed by atoms with E-state index >= 15 is 0 Å². The van der Waals surface area contributed by atoms with E-state index in [-0.39, 0.29) is 0 Å². The maximum absolute atomic E-state index is 6.61. The fourth-order valence-electron chi connectivity index (χ4n) is 2.95. The lowest BCUT2D eigenvalue weighted by Crippen LogP contribution is -2.39. The van der Waals surface area contributed by atoms with Gasteiger partial charge in [-0.1, -0.05) is 30.9 Å². The highest BCUT2D eigenvalue weighted by Crippen LogP contribution is 2.49. The number of halogens is 1. The molecule has 0 atom stereocenters. The summed E-state index contributed by atoms with van der Waals surface area (Å²) in [5.41, 5.74) is 7.10. The second kappa shape index (κ2) is 6.10. The zero-order chi connectivity index (χ0) is 14.8. The van der Waals surface area contributed by atoms with Crippen molar-refractivity contribution >= 4 is 11.6 Å². The minimum Gasteiger partial charge on any atom is -0.495 e. The molecule has 0 aromatic heterocycles. The molecule has 112 valence electrons. The van der Waals surface area contributed by atoms with Gasteiger partial charge < -0.3 is 19.9 Å². The molecule has 1 fully saturated rings. The molecule has 0 unspecified atom stereocenters. The van der Waals surface area contributed by atoms with Crippen LogP contribution in [0.4, 0.5) is 0 Å². The van der Waals surface area contributed by atoms with Crippen LogP contribution < -0.4 is 19.9 Å². The van der Waals surface area contributed by atoms with Crippen LogP contribution in [0.5, 0.6) is 17.2 Å². The molecule has 1 saturated carbocycles. The van der Waals surface area contributed by atoms with Crippen molar-refractivity contribution in [2.24, 2.45) is 5.73 Å². The third-order valence-electron chi connectivity index (χ3n) is 4.05. The third kappa shape index (κ3) is 2.54. The quantitative estimate of drug-likeness (QED) is 0.925. The van der Waals surface area contributed by atoms with Gasteiger partial charge in [-0.25, -0.2) is 0 Å². The van der Waals surface area contributed by atoms with Crippen LogP contribution in [0.3, 0.4) is 0 Å². The van der Waals surface area contributed by atoms with Gasteiger partial charge in [0.1, 0.15) is 10.8 Å². The van der Waals surface area contributed by atoms with Crippen LogP contribution in [0.25, 0.3) is 0 Å². The molecule has 0 heterocycles. The average Bonchev–Trinajstić information content (AvgIpc) is 2.46. The van der Waals surface area contributed by atoms with Crippen LogP contribution in [0.1, 0.15) is 37.7 Å². The Morgan fingerprint density at radius 1 is 1.00 bits per heavy atom. The summed E-state index contributed by atoms with van der Waals surface area (Å²) in [4.78, 5) is 0. The summed E-state index contributed by atoms with van der Waals surface area (Å²) in [7, 11) is 4.75. The molecule has 5 heteroatoms. The van der Waals surface area contributed by atoms with E-state index in [9.17, 15) is 0 Å². The van der Waals surface area contributed by atoms with E-state index in [1.807, 2.05) is 6.07 Å². The Balaban J connectivity index is 2.59. The first kappa shape index (κ1) is 15.3. The molecule has 2 rings (SSSR count). The van der Waals surface area contributed by atoms with E-state index < -0.39 is 5.54 Å². The number of nitrogens with two attached hydrogens (primary N) is 1. The van der Waals surface area contributed by atoms with Gasteiger partial charge in [-0.2, -0.15) is 0 Å². The summed E-state index contributed by atoms with van der Waals surface area (Å²) in [6, 6.07) is 1.90. The molecule has 1 aromatic carbocycles.